The molecule has 0 spiro atoms. The lowest BCUT2D eigenvalue weighted by Gasteiger charge is -2.06. The lowest BCUT2D eigenvalue weighted by Crippen LogP contribution is -1.92. The van der Waals surface area contributed by atoms with Crippen LogP contribution in [0.1, 0.15) is 31.7 Å². The number of methoxy groups -OCH3 is 1. The zero-order valence-corrected chi connectivity index (χ0v) is 11.0. The van der Waals surface area contributed by atoms with Crippen molar-refractivity contribution >= 4 is 17.4 Å². The van der Waals surface area contributed by atoms with Crippen molar-refractivity contribution < 1.29 is 4.74 Å². The predicted molar refractivity (Wildman–Crippen MR) is 73.1 cm³/mol. The molecule has 0 heterocycles. The molecule has 2 N–H and O–H groups in total. The third-order valence-electron chi connectivity index (χ3n) is 2.39. The van der Waals surface area contributed by atoms with Gasteiger partial charge in [-0.3, -0.25) is 0 Å². The quantitative estimate of drug-likeness (QED) is 0.582. The van der Waals surface area contributed by atoms with Crippen LogP contribution in [0.2, 0.25) is 0 Å². The van der Waals surface area contributed by atoms with E-state index in [1.54, 1.807) is 7.11 Å². The third kappa shape index (κ3) is 4.79. The van der Waals surface area contributed by atoms with Gasteiger partial charge in [0.05, 0.1) is 7.11 Å². The van der Waals surface area contributed by atoms with Gasteiger partial charge in [-0.1, -0.05) is 19.8 Å². The lowest BCUT2D eigenvalue weighted by molar-refractivity contribution is 0.414. The maximum Gasteiger partial charge on any atom is 0.121 e. The fourth-order valence-corrected chi connectivity index (χ4v) is 2.49. The van der Waals surface area contributed by atoms with Crippen LogP contribution in [-0.4, -0.2) is 12.9 Å². The second kappa shape index (κ2) is 7.44. The van der Waals surface area contributed by atoms with E-state index in [1.807, 2.05) is 23.9 Å². The van der Waals surface area contributed by atoms with Crippen LogP contribution in [0.15, 0.2) is 18.2 Å². The molecular weight excluding hydrogens is 218 g/mol. The smallest absolute Gasteiger partial charge is 0.121 e. The first-order valence-electron chi connectivity index (χ1n) is 5.77. The molecule has 1 aromatic rings. The minimum Gasteiger partial charge on any atom is -0.497 e. The number of nitrogen functional groups attached to an aromatic ring is 1. The lowest BCUT2D eigenvalue weighted by atomic mass is 10.2. The summed E-state index contributed by atoms with van der Waals surface area (Å²) in [6.45, 7) is 2.23. The molecule has 0 saturated carbocycles. The number of thioether (sulfide) groups is 1. The monoisotopic (exact) mass is 239 g/mol. The van der Waals surface area contributed by atoms with Crippen LogP contribution in [0, 0.1) is 0 Å². The fourth-order valence-electron chi connectivity index (χ4n) is 1.53. The minimum absolute atomic E-state index is 0.781. The summed E-state index contributed by atoms with van der Waals surface area (Å²) in [6.07, 6.45) is 3.92. The number of hydrogen-bond donors (Lipinski definition) is 1. The fraction of sp³-hybridized carbons (Fsp3) is 0.538. The van der Waals surface area contributed by atoms with Crippen LogP contribution in [0.25, 0.3) is 0 Å². The Bertz CT molecular complexity index is 315. The van der Waals surface area contributed by atoms with Crippen molar-refractivity contribution in [3.63, 3.8) is 0 Å². The Labute approximate surface area is 103 Å². The highest BCUT2D eigenvalue weighted by Gasteiger charge is 1.99. The summed E-state index contributed by atoms with van der Waals surface area (Å²) in [6, 6.07) is 5.93. The van der Waals surface area contributed by atoms with Gasteiger partial charge in [-0.15, -0.1) is 0 Å². The molecule has 3 heteroatoms. The van der Waals surface area contributed by atoms with Crippen LogP contribution in [0.5, 0.6) is 5.75 Å². The topological polar surface area (TPSA) is 35.2 Å². The number of unbranched alkanes of at least 4 members (excludes halogenated alkanes) is 2. The van der Waals surface area contributed by atoms with E-state index in [2.05, 4.69) is 13.0 Å². The Hall–Kier alpha value is -0.830. The van der Waals surface area contributed by atoms with E-state index in [9.17, 15) is 0 Å². The Balaban J connectivity index is 2.38. The Morgan fingerprint density at radius 1 is 1.25 bits per heavy atom. The zero-order chi connectivity index (χ0) is 11.8. The van der Waals surface area contributed by atoms with Gasteiger partial charge >= 0.3 is 0 Å². The van der Waals surface area contributed by atoms with Crippen molar-refractivity contribution in [3.05, 3.63) is 23.8 Å². The average molecular weight is 239 g/mol. The summed E-state index contributed by atoms with van der Waals surface area (Å²) in [4.78, 5) is 0. The first kappa shape index (κ1) is 13.2. The summed E-state index contributed by atoms with van der Waals surface area (Å²) < 4.78 is 5.19. The van der Waals surface area contributed by atoms with Crippen LogP contribution in [0.3, 0.4) is 0 Å². The molecule has 0 atom stereocenters. The van der Waals surface area contributed by atoms with Crippen LogP contribution >= 0.6 is 11.8 Å². The van der Waals surface area contributed by atoms with Gasteiger partial charge in [0.2, 0.25) is 0 Å². The molecule has 1 rings (SSSR count). The van der Waals surface area contributed by atoms with Crippen LogP contribution in [-0.2, 0) is 5.75 Å². The second-order valence-electron chi connectivity index (χ2n) is 3.87. The zero-order valence-electron chi connectivity index (χ0n) is 10.2. The van der Waals surface area contributed by atoms with Crippen molar-refractivity contribution in [1.29, 1.82) is 0 Å². The van der Waals surface area contributed by atoms with Gasteiger partial charge < -0.3 is 10.5 Å². The maximum atomic E-state index is 5.80. The number of anilines is 1. The van der Waals surface area contributed by atoms with E-state index in [1.165, 1.54) is 30.6 Å². The van der Waals surface area contributed by atoms with E-state index in [4.69, 9.17) is 10.5 Å². The molecule has 0 bridgehead atoms. The van der Waals surface area contributed by atoms with E-state index >= 15 is 0 Å². The summed E-state index contributed by atoms with van der Waals surface area (Å²) in [5.74, 6) is 3.10. The highest BCUT2D eigenvalue weighted by Crippen LogP contribution is 2.22. The number of ether oxygens (including phenoxy) is 1. The van der Waals surface area contributed by atoms with Gasteiger partial charge in [-0.05, 0) is 29.9 Å². The molecule has 1 aromatic carbocycles. The molecule has 0 amide bonds. The van der Waals surface area contributed by atoms with Crippen molar-refractivity contribution in [3.8, 4) is 5.75 Å². The van der Waals surface area contributed by atoms with E-state index < -0.39 is 0 Å². The first-order valence-corrected chi connectivity index (χ1v) is 6.93. The van der Waals surface area contributed by atoms with Gasteiger partial charge in [-0.2, -0.15) is 11.8 Å². The predicted octanol–water partition coefficient (Wildman–Crippen LogP) is 3.70. The maximum absolute atomic E-state index is 5.80. The minimum atomic E-state index is 0.781. The normalized spacial score (nSPS) is 10.4. The molecule has 0 unspecified atom stereocenters. The van der Waals surface area contributed by atoms with Crippen LogP contribution < -0.4 is 10.5 Å². The molecule has 0 aliphatic rings. The second-order valence-corrected chi connectivity index (χ2v) is 4.98. The molecule has 0 saturated heterocycles. The Kier molecular flexibility index (Phi) is 6.16. The van der Waals surface area contributed by atoms with Crippen molar-refractivity contribution in [1.82, 2.24) is 0 Å². The molecule has 0 fully saturated rings. The molecule has 2 nitrogen and oxygen atoms in total. The number of benzene rings is 1. The molecule has 90 valence electrons. The first-order chi connectivity index (χ1) is 7.76. The molecule has 0 aromatic heterocycles. The van der Waals surface area contributed by atoms with E-state index in [-0.39, 0.29) is 0 Å². The van der Waals surface area contributed by atoms with Gasteiger partial charge in [0, 0.05) is 17.5 Å². The Morgan fingerprint density at radius 3 is 2.75 bits per heavy atom. The van der Waals surface area contributed by atoms with Gasteiger partial charge in [0.1, 0.15) is 5.75 Å². The SMILES string of the molecule is CCCCCSCc1cc(N)cc(OC)c1. The largest absolute Gasteiger partial charge is 0.497 e. The highest BCUT2D eigenvalue weighted by molar-refractivity contribution is 7.98. The van der Waals surface area contributed by atoms with Gasteiger partial charge in [-0.25, -0.2) is 0 Å². The van der Waals surface area contributed by atoms with Crippen molar-refractivity contribution in [2.45, 2.75) is 31.9 Å². The number of nitrogens with two attached hydrogens (primary N) is 1. The van der Waals surface area contributed by atoms with Crippen LogP contribution in [0.4, 0.5) is 5.69 Å². The molecule has 16 heavy (non-hydrogen) atoms. The van der Waals surface area contributed by atoms with E-state index in [0.29, 0.717) is 0 Å². The summed E-state index contributed by atoms with van der Waals surface area (Å²) >= 11 is 1.96. The molecule has 0 aliphatic heterocycles. The van der Waals surface area contributed by atoms with Crippen molar-refractivity contribution in [2.75, 3.05) is 18.6 Å². The summed E-state index contributed by atoms with van der Waals surface area (Å²) in [5, 5.41) is 0. The average Bonchev–Trinajstić information content (AvgIpc) is 2.28. The number of rotatable bonds is 7. The van der Waals surface area contributed by atoms with Gasteiger partial charge in [0.15, 0.2) is 0 Å². The third-order valence-corrected chi connectivity index (χ3v) is 3.50. The molecular formula is C13H21NOS. The highest BCUT2D eigenvalue weighted by atomic mass is 32.2. The standard InChI is InChI=1S/C13H21NOS/c1-3-4-5-6-16-10-11-7-12(14)9-13(8-11)15-2/h7-9H,3-6,10,14H2,1-2H3. The Morgan fingerprint density at radius 2 is 2.06 bits per heavy atom. The molecule has 0 aliphatic carbocycles. The van der Waals surface area contributed by atoms with Gasteiger partial charge in [0.25, 0.3) is 0 Å². The molecule has 0 radical (unpaired) electrons. The number of hydrogen-bond acceptors (Lipinski definition) is 3. The van der Waals surface area contributed by atoms with E-state index in [0.717, 1.165) is 17.2 Å². The summed E-state index contributed by atoms with van der Waals surface area (Å²) in [7, 11) is 1.67. The summed E-state index contributed by atoms with van der Waals surface area (Å²) in [5.41, 5.74) is 7.83. The van der Waals surface area contributed by atoms with Crippen molar-refractivity contribution in [2.24, 2.45) is 0 Å².